The van der Waals surface area contributed by atoms with Crippen molar-refractivity contribution in [2.24, 2.45) is 5.92 Å². The van der Waals surface area contributed by atoms with Crippen molar-refractivity contribution in [3.8, 4) is 5.75 Å². The van der Waals surface area contributed by atoms with Crippen LogP contribution < -0.4 is 4.74 Å². The topological polar surface area (TPSA) is 30.9 Å². The van der Waals surface area contributed by atoms with Gasteiger partial charge in [-0.3, -0.25) is 4.90 Å². The molecule has 2 atom stereocenters. The number of benzene rings is 1. The van der Waals surface area contributed by atoms with Crippen molar-refractivity contribution >= 4 is 0 Å². The normalized spacial score (nSPS) is 34.1. The van der Waals surface area contributed by atoms with Crippen molar-refractivity contribution in [3.63, 3.8) is 0 Å². The molecule has 1 aromatic carbocycles. The van der Waals surface area contributed by atoms with Gasteiger partial charge in [0.15, 0.2) is 5.79 Å². The summed E-state index contributed by atoms with van der Waals surface area (Å²) in [7, 11) is 1.77. The van der Waals surface area contributed by atoms with E-state index in [9.17, 15) is 0 Å². The summed E-state index contributed by atoms with van der Waals surface area (Å²) in [5, 5.41) is 0. The van der Waals surface area contributed by atoms with Gasteiger partial charge < -0.3 is 14.2 Å². The van der Waals surface area contributed by atoms with Crippen LogP contribution in [0.25, 0.3) is 0 Å². The Labute approximate surface area is 161 Å². The Bertz CT molecular complexity index is 793. The number of nitrogens with zero attached hydrogens (tertiary/aromatic N) is 1. The van der Waals surface area contributed by atoms with Crippen LogP contribution in [0.3, 0.4) is 0 Å². The number of fused-ring (bicyclic) bond motifs is 1. The first kappa shape index (κ1) is 16.6. The molecule has 2 saturated heterocycles. The van der Waals surface area contributed by atoms with Crippen molar-refractivity contribution in [1.82, 2.24) is 4.90 Å². The highest BCUT2D eigenvalue weighted by molar-refractivity contribution is 5.54. The van der Waals surface area contributed by atoms with E-state index in [2.05, 4.69) is 29.2 Å². The van der Waals surface area contributed by atoms with Crippen LogP contribution in [0.5, 0.6) is 5.75 Å². The molecular weight excluding hydrogens is 338 g/mol. The second-order valence-electron chi connectivity index (χ2n) is 9.16. The van der Waals surface area contributed by atoms with E-state index >= 15 is 0 Å². The molecule has 4 nitrogen and oxygen atoms in total. The van der Waals surface area contributed by atoms with E-state index in [-0.39, 0.29) is 5.41 Å². The highest BCUT2D eigenvalue weighted by atomic mass is 16.7. The maximum atomic E-state index is 6.18. The van der Waals surface area contributed by atoms with Gasteiger partial charge in [-0.15, -0.1) is 0 Å². The quantitative estimate of drug-likeness (QED) is 0.766. The van der Waals surface area contributed by atoms with Gasteiger partial charge >= 0.3 is 0 Å². The van der Waals surface area contributed by atoms with Gasteiger partial charge in [-0.1, -0.05) is 12.1 Å². The van der Waals surface area contributed by atoms with Gasteiger partial charge in [0, 0.05) is 30.8 Å². The molecular formula is C23H29NO3. The maximum absolute atomic E-state index is 6.18. The van der Waals surface area contributed by atoms with E-state index in [1.807, 2.05) is 0 Å². The molecule has 2 bridgehead atoms. The molecule has 0 N–H and O–H groups in total. The molecule has 5 aliphatic rings. The van der Waals surface area contributed by atoms with E-state index in [1.54, 1.807) is 12.7 Å². The van der Waals surface area contributed by atoms with Crippen LogP contribution in [0, 0.1) is 5.92 Å². The lowest BCUT2D eigenvalue weighted by Gasteiger charge is -2.57. The Hall–Kier alpha value is -1.36. The zero-order valence-corrected chi connectivity index (χ0v) is 16.2. The number of hydrogen-bond acceptors (Lipinski definition) is 4. The summed E-state index contributed by atoms with van der Waals surface area (Å²) in [5.74, 6) is 1.49. The van der Waals surface area contributed by atoms with Gasteiger partial charge in [0.2, 0.25) is 0 Å². The molecule has 0 amide bonds. The van der Waals surface area contributed by atoms with Crippen LogP contribution in [0.15, 0.2) is 29.8 Å². The predicted molar refractivity (Wildman–Crippen MR) is 103 cm³/mol. The van der Waals surface area contributed by atoms with Crippen LogP contribution in [0.2, 0.25) is 0 Å². The molecule has 3 aliphatic carbocycles. The van der Waals surface area contributed by atoms with Crippen molar-refractivity contribution in [3.05, 3.63) is 41.0 Å². The molecule has 2 aliphatic heterocycles. The van der Waals surface area contributed by atoms with Crippen molar-refractivity contribution in [1.29, 1.82) is 0 Å². The fourth-order valence-electron chi connectivity index (χ4n) is 6.18. The summed E-state index contributed by atoms with van der Waals surface area (Å²) in [6.45, 7) is 3.91. The minimum atomic E-state index is -0.412. The minimum Gasteiger partial charge on any atom is -0.497 e. The molecule has 3 fully saturated rings. The summed E-state index contributed by atoms with van der Waals surface area (Å²) < 4.78 is 18.0. The van der Waals surface area contributed by atoms with Crippen LogP contribution >= 0.6 is 0 Å². The van der Waals surface area contributed by atoms with Gasteiger partial charge in [0.05, 0.1) is 20.3 Å². The maximum Gasteiger partial charge on any atom is 0.173 e. The third kappa shape index (κ3) is 2.46. The SMILES string of the molecule is COc1ccc2c(c1)[C@@]13CCN(CC4CC4)C(C2)C1=CCC1(C3)OCCO1. The van der Waals surface area contributed by atoms with Crippen LogP contribution in [-0.4, -0.2) is 50.1 Å². The van der Waals surface area contributed by atoms with Gasteiger partial charge in [0.25, 0.3) is 0 Å². The van der Waals surface area contributed by atoms with Gasteiger partial charge in [-0.25, -0.2) is 0 Å². The molecule has 0 radical (unpaired) electrons. The largest absolute Gasteiger partial charge is 0.497 e. The molecule has 4 heteroatoms. The summed E-state index contributed by atoms with van der Waals surface area (Å²) in [4.78, 5) is 2.78. The summed E-state index contributed by atoms with van der Waals surface area (Å²) in [6.07, 6.45) is 9.49. The summed E-state index contributed by atoms with van der Waals surface area (Å²) in [5.41, 5.74) is 4.65. The van der Waals surface area contributed by atoms with Crippen molar-refractivity contribution in [2.45, 2.75) is 55.8 Å². The Kier molecular flexibility index (Phi) is 3.57. The van der Waals surface area contributed by atoms with E-state index < -0.39 is 5.79 Å². The number of hydrogen-bond donors (Lipinski definition) is 0. The molecule has 6 rings (SSSR count). The van der Waals surface area contributed by atoms with Crippen molar-refractivity contribution in [2.75, 3.05) is 33.4 Å². The smallest absolute Gasteiger partial charge is 0.173 e. The summed E-state index contributed by atoms with van der Waals surface area (Å²) in [6, 6.07) is 7.28. The van der Waals surface area contributed by atoms with E-state index in [0.717, 1.165) is 50.6 Å². The van der Waals surface area contributed by atoms with Crippen LogP contribution in [0.1, 0.15) is 43.2 Å². The second-order valence-corrected chi connectivity index (χ2v) is 9.16. The highest BCUT2D eigenvalue weighted by Gasteiger charge is 2.57. The molecule has 0 aromatic heterocycles. The molecule has 1 unspecified atom stereocenters. The van der Waals surface area contributed by atoms with Crippen LogP contribution in [-0.2, 0) is 21.3 Å². The predicted octanol–water partition coefficient (Wildman–Crippen LogP) is 3.44. The number of rotatable bonds is 3. The minimum absolute atomic E-state index is 0.0510. The lowest BCUT2D eigenvalue weighted by Crippen LogP contribution is -2.59. The lowest BCUT2D eigenvalue weighted by molar-refractivity contribution is -0.176. The Morgan fingerprint density at radius 1 is 1.22 bits per heavy atom. The number of piperidine rings is 1. The monoisotopic (exact) mass is 367 g/mol. The number of ether oxygens (including phenoxy) is 3. The molecule has 1 spiro atoms. The Morgan fingerprint density at radius 3 is 2.85 bits per heavy atom. The van der Waals surface area contributed by atoms with Gasteiger partial charge in [-0.05, 0) is 67.0 Å². The molecule has 1 aromatic rings. The average molecular weight is 367 g/mol. The number of likely N-dealkylation sites (tertiary alicyclic amines) is 1. The van der Waals surface area contributed by atoms with E-state index in [0.29, 0.717) is 6.04 Å². The standard InChI is InChI=1S/C23H29NO3/c1-25-18-5-4-17-12-21-19-6-7-23(26-10-11-27-23)15-22(19,20(17)13-18)8-9-24(21)14-16-2-3-16/h4-6,13,16,21H,2-3,7-12,14-15H2,1H3/t21?,22-/m1/s1. The van der Waals surface area contributed by atoms with Crippen molar-refractivity contribution < 1.29 is 14.2 Å². The highest BCUT2D eigenvalue weighted by Crippen LogP contribution is 2.57. The third-order valence-electron chi connectivity index (χ3n) is 7.63. The first-order chi connectivity index (χ1) is 13.2. The van der Waals surface area contributed by atoms with Gasteiger partial charge in [0.1, 0.15) is 5.75 Å². The lowest BCUT2D eigenvalue weighted by atomic mass is 9.55. The zero-order valence-electron chi connectivity index (χ0n) is 16.2. The van der Waals surface area contributed by atoms with Gasteiger partial charge in [-0.2, -0.15) is 0 Å². The third-order valence-corrected chi connectivity index (χ3v) is 7.63. The fraction of sp³-hybridized carbons (Fsp3) is 0.652. The Balaban J connectivity index is 1.48. The Morgan fingerprint density at radius 2 is 2.07 bits per heavy atom. The first-order valence-corrected chi connectivity index (χ1v) is 10.6. The molecule has 1 saturated carbocycles. The number of methoxy groups -OCH3 is 1. The van der Waals surface area contributed by atoms with E-state index in [1.165, 1.54) is 37.1 Å². The van der Waals surface area contributed by atoms with Crippen LogP contribution in [0.4, 0.5) is 0 Å². The molecule has 2 heterocycles. The molecule has 144 valence electrons. The first-order valence-electron chi connectivity index (χ1n) is 10.6. The van der Waals surface area contributed by atoms with E-state index in [4.69, 9.17) is 14.2 Å². The molecule has 27 heavy (non-hydrogen) atoms. The second kappa shape index (κ2) is 5.82. The average Bonchev–Trinajstić information content (AvgIpc) is 3.41. The fourth-order valence-corrected chi connectivity index (χ4v) is 6.18. The summed E-state index contributed by atoms with van der Waals surface area (Å²) >= 11 is 0. The zero-order chi connectivity index (χ0) is 18.1.